The molecule has 1 aromatic carbocycles. The molecule has 6 nitrogen and oxygen atoms in total. The molecule has 0 amide bonds. The summed E-state index contributed by atoms with van der Waals surface area (Å²) in [6, 6.07) is 6.84. The molecule has 0 aliphatic carbocycles. The number of hydrogen-bond acceptors (Lipinski definition) is 6. The van der Waals surface area contributed by atoms with Gasteiger partial charge in [-0.25, -0.2) is 22.9 Å². The first-order valence-corrected chi connectivity index (χ1v) is 10.1. The van der Waals surface area contributed by atoms with Gasteiger partial charge in [0.25, 0.3) is 0 Å². The summed E-state index contributed by atoms with van der Waals surface area (Å²) >= 11 is 1.50. The van der Waals surface area contributed by atoms with Crippen molar-refractivity contribution >= 4 is 32.3 Å². The molecule has 132 valence electrons. The van der Waals surface area contributed by atoms with Gasteiger partial charge in [0.2, 0.25) is 10.0 Å². The van der Waals surface area contributed by atoms with Crippen molar-refractivity contribution in [1.29, 1.82) is 0 Å². The maximum atomic E-state index is 12.8. The summed E-state index contributed by atoms with van der Waals surface area (Å²) in [5.74, 6) is 0. The molecule has 0 fully saturated rings. The van der Waals surface area contributed by atoms with Crippen LogP contribution in [0, 0.1) is 13.8 Å². The third kappa shape index (κ3) is 3.65. The summed E-state index contributed by atoms with van der Waals surface area (Å²) < 4.78 is 33.3. The molecule has 25 heavy (non-hydrogen) atoms. The third-order valence-electron chi connectivity index (χ3n) is 3.95. The Morgan fingerprint density at radius 2 is 2.00 bits per heavy atom. The normalized spacial score (nSPS) is 13.2. The number of sulfonamides is 1. The maximum absolute atomic E-state index is 12.8. The monoisotopic (exact) mass is 378 g/mol. The van der Waals surface area contributed by atoms with Gasteiger partial charge in [0.15, 0.2) is 0 Å². The zero-order valence-corrected chi connectivity index (χ0v) is 15.7. The van der Waals surface area contributed by atoms with E-state index in [4.69, 9.17) is 4.42 Å². The molecule has 0 saturated carbocycles. The highest BCUT2D eigenvalue weighted by molar-refractivity contribution is 7.89. The van der Waals surface area contributed by atoms with Crippen LogP contribution in [0.5, 0.6) is 0 Å². The van der Waals surface area contributed by atoms with Gasteiger partial charge in [0.1, 0.15) is 10.6 Å². The molecule has 0 aliphatic rings. The number of hydrogen-bond donors (Lipinski definition) is 1. The minimum Gasteiger partial charge on any atom is -0.423 e. The van der Waals surface area contributed by atoms with Crippen molar-refractivity contribution in [3.63, 3.8) is 0 Å². The lowest BCUT2D eigenvalue weighted by molar-refractivity contribution is 0.548. The van der Waals surface area contributed by atoms with E-state index < -0.39 is 15.6 Å². The van der Waals surface area contributed by atoms with Crippen LogP contribution in [0.25, 0.3) is 11.0 Å². The Morgan fingerprint density at radius 1 is 1.24 bits per heavy atom. The summed E-state index contributed by atoms with van der Waals surface area (Å²) in [7, 11) is -3.73. The van der Waals surface area contributed by atoms with Gasteiger partial charge in [0, 0.05) is 16.3 Å². The fourth-order valence-corrected chi connectivity index (χ4v) is 4.88. The van der Waals surface area contributed by atoms with Crippen LogP contribution in [0.2, 0.25) is 0 Å². The second-order valence-electron chi connectivity index (χ2n) is 5.73. The minimum absolute atomic E-state index is 0.122. The fraction of sp³-hybridized carbons (Fsp3) is 0.294. The van der Waals surface area contributed by atoms with E-state index in [0.717, 1.165) is 15.6 Å². The molecule has 0 saturated heterocycles. The zero-order valence-electron chi connectivity index (χ0n) is 14.1. The number of rotatable bonds is 5. The molecular weight excluding hydrogens is 360 g/mol. The van der Waals surface area contributed by atoms with E-state index in [9.17, 15) is 13.2 Å². The van der Waals surface area contributed by atoms with Crippen molar-refractivity contribution in [3.05, 3.63) is 56.3 Å². The highest BCUT2D eigenvalue weighted by atomic mass is 32.2. The third-order valence-corrected chi connectivity index (χ3v) is 6.61. The average Bonchev–Trinajstić information content (AvgIpc) is 2.91. The average molecular weight is 378 g/mol. The van der Waals surface area contributed by atoms with E-state index in [0.29, 0.717) is 17.4 Å². The molecule has 0 radical (unpaired) electrons. The maximum Gasteiger partial charge on any atom is 0.336 e. The van der Waals surface area contributed by atoms with Crippen LogP contribution in [-0.2, 0) is 10.0 Å². The van der Waals surface area contributed by atoms with Crippen LogP contribution in [-0.4, -0.2) is 13.4 Å². The Morgan fingerprint density at radius 3 is 2.64 bits per heavy atom. The second kappa shape index (κ2) is 6.70. The quantitative estimate of drug-likeness (QED) is 0.688. The Kier molecular flexibility index (Phi) is 4.77. The molecule has 8 heteroatoms. The van der Waals surface area contributed by atoms with Gasteiger partial charge in [-0.3, -0.25) is 0 Å². The van der Waals surface area contributed by atoms with E-state index in [-0.39, 0.29) is 10.9 Å². The number of aryl methyl sites for hydroxylation is 2. The first-order chi connectivity index (χ1) is 11.8. The Balaban J connectivity index is 1.95. The number of thiazole rings is 1. The number of fused-ring (bicyclic) bond motifs is 1. The molecule has 2 heterocycles. The fourth-order valence-electron chi connectivity index (χ4n) is 2.43. The van der Waals surface area contributed by atoms with Gasteiger partial charge in [-0.2, -0.15) is 0 Å². The Labute approximate surface area is 149 Å². The number of nitrogens with one attached hydrogen (secondary N) is 1. The van der Waals surface area contributed by atoms with E-state index in [1.165, 1.54) is 35.6 Å². The van der Waals surface area contributed by atoms with Crippen molar-refractivity contribution in [2.45, 2.75) is 38.1 Å². The molecule has 3 rings (SSSR count). The van der Waals surface area contributed by atoms with Gasteiger partial charge in [-0.1, -0.05) is 6.92 Å². The zero-order chi connectivity index (χ0) is 18.2. The minimum atomic E-state index is -3.73. The lowest BCUT2D eigenvalue weighted by Gasteiger charge is -2.15. The molecule has 1 N–H and O–H groups in total. The smallest absolute Gasteiger partial charge is 0.336 e. The highest BCUT2D eigenvalue weighted by Crippen LogP contribution is 2.27. The highest BCUT2D eigenvalue weighted by Gasteiger charge is 2.23. The van der Waals surface area contributed by atoms with E-state index in [1.807, 2.05) is 20.8 Å². The van der Waals surface area contributed by atoms with Crippen LogP contribution in [0.4, 0.5) is 0 Å². The SMILES string of the molecule is CCC(NS(=O)(=O)c1ccc2oc(=O)ccc2c1)c1nc(C)c(C)s1. The van der Waals surface area contributed by atoms with Crippen molar-refractivity contribution in [1.82, 2.24) is 9.71 Å². The summed E-state index contributed by atoms with van der Waals surface area (Å²) in [6.45, 7) is 5.79. The molecular formula is C17H18N2O4S2. The van der Waals surface area contributed by atoms with Gasteiger partial charge < -0.3 is 4.42 Å². The molecule has 1 unspecified atom stereocenters. The van der Waals surface area contributed by atoms with E-state index in [1.54, 1.807) is 6.07 Å². The van der Waals surface area contributed by atoms with Gasteiger partial charge in [0.05, 0.1) is 16.6 Å². The standard InChI is InChI=1S/C17H18N2O4S2/c1-4-14(17-18-10(2)11(3)24-17)19-25(21,22)13-6-7-15-12(9-13)5-8-16(20)23-15/h5-9,14,19H,4H2,1-3H3. The molecule has 1 atom stereocenters. The molecule has 0 spiro atoms. The van der Waals surface area contributed by atoms with Crippen LogP contribution in [0.3, 0.4) is 0 Å². The number of nitrogens with zero attached hydrogens (tertiary/aromatic N) is 1. The van der Waals surface area contributed by atoms with Gasteiger partial charge in [-0.05, 0) is 44.5 Å². The summed E-state index contributed by atoms with van der Waals surface area (Å²) in [4.78, 5) is 16.9. The van der Waals surface area contributed by atoms with E-state index in [2.05, 4.69) is 9.71 Å². The van der Waals surface area contributed by atoms with Crippen molar-refractivity contribution in [2.75, 3.05) is 0 Å². The number of aromatic nitrogens is 1. The Bertz CT molecular complexity index is 1060. The van der Waals surface area contributed by atoms with Crippen LogP contribution in [0.15, 0.2) is 44.4 Å². The molecule has 0 aliphatic heterocycles. The summed E-state index contributed by atoms with van der Waals surface area (Å²) in [5, 5.41) is 1.31. The van der Waals surface area contributed by atoms with Crippen molar-refractivity contribution in [2.24, 2.45) is 0 Å². The predicted molar refractivity (Wildman–Crippen MR) is 97.4 cm³/mol. The molecule has 2 aromatic heterocycles. The van der Waals surface area contributed by atoms with Crippen molar-refractivity contribution < 1.29 is 12.8 Å². The predicted octanol–water partition coefficient (Wildman–Crippen LogP) is 3.30. The van der Waals surface area contributed by atoms with Gasteiger partial charge in [-0.15, -0.1) is 11.3 Å². The van der Waals surface area contributed by atoms with Crippen LogP contribution < -0.4 is 10.3 Å². The lowest BCUT2D eigenvalue weighted by atomic mass is 10.2. The summed E-state index contributed by atoms with van der Waals surface area (Å²) in [6.07, 6.45) is 0.591. The largest absolute Gasteiger partial charge is 0.423 e. The van der Waals surface area contributed by atoms with Crippen LogP contribution in [0.1, 0.15) is 35.0 Å². The van der Waals surface area contributed by atoms with Crippen molar-refractivity contribution in [3.8, 4) is 0 Å². The van der Waals surface area contributed by atoms with Crippen LogP contribution >= 0.6 is 11.3 Å². The molecule has 0 bridgehead atoms. The molecule has 3 aromatic rings. The first-order valence-electron chi connectivity index (χ1n) is 7.80. The first kappa shape index (κ1) is 17.8. The number of benzene rings is 1. The summed E-state index contributed by atoms with van der Waals surface area (Å²) in [5.41, 5.74) is 0.796. The van der Waals surface area contributed by atoms with E-state index >= 15 is 0 Å². The Hall–Kier alpha value is -2.03. The second-order valence-corrected chi connectivity index (χ2v) is 8.68. The lowest BCUT2D eigenvalue weighted by Crippen LogP contribution is -2.28. The van der Waals surface area contributed by atoms with Gasteiger partial charge >= 0.3 is 5.63 Å². The topological polar surface area (TPSA) is 89.3 Å².